The third-order valence-corrected chi connectivity index (χ3v) is 3.85. The van der Waals surface area contributed by atoms with Gasteiger partial charge in [-0.15, -0.1) is 0 Å². The number of aryl methyl sites for hydroxylation is 1. The molecule has 4 nitrogen and oxygen atoms in total. The van der Waals surface area contributed by atoms with Crippen molar-refractivity contribution >= 4 is 5.91 Å². The zero-order valence-electron chi connectivity index (χ0n) is 10.0. The summed E-state index contributed by atoms with van der Waals surface area (Å²) in [5.74, 6) is 0.157. The molecule has 0 aliphatic carbocycles. The lowest BCUT2D eigenvalue weighted by molar-refractivity contribution is 0.0618. The zero-order chi connectivity index (χ0) is 11.8. The number of hydrogen-bond acceptors (Lipinski definition) is 3. The second-order valence-corrected chi connectivity index (χ2v) is 4.89. The first-order chi connectivity index (χ1) is 8.27. The van der Waals surface area contributed by atoms with Crippen LogP contribution in [0.4, 0.5) is 0 Å². The molecule has 90 valence electrons. The Hall–Kier alpha value is -1.42. The lowest BCUT2D eigenvalue weighted by Gasteiger charge is -2.35. The van der Waals surface area contributed by atoms with Gasteiger partial charge in [-0.25, -0.2) is 0 Å². The molecule has 2 bridgehead atoms. The van der Waals surface area contributed by atoms with E-state index in [9.17, 15) is 4.79 Å². The van der Waals surface area contributed by atoms with E-state index in [1.807, 2.05) is 19.1 Å². The minimum absolute atomic E-state index is 0.157. The molecule has 0 aromatic carbocycles. The van der Waals surface area contributed by atoms with Crippen LogP contribution in [0.25, 0.3) is 0 Å². The molecule has 3 heterocycles. The Morgan fingerprint density at radius 1 is 1.41 bits per heavy atom. The molecule has 2 unspecified atom stereocenters. The Morgan fingerprint density at radius 2 is 2.12 bits per heavy atom. The van der Waals surface area contributed by atoms with Crippen LogP contribution in [0, 0.1) is 6.92 Å². The van der Waals surface area contributed by atoms with Crippen molar-refractivity contribution in [1.29, 1.82) is 0 Å². The Balaban J connectivity index is 1.90. The Bertz CT molecular complexity index is 430. The van der Waals surface area contributed by atoms with Gasteiger partial charge in [0.2, 0.25) is 0 Å². The molecule has 2 atom stereocenters. The summed E-state index contributed by atoms with van der Waals surface area (Å²) in [4.78, 5) is 18.8. The van der Waals surface area contributed by atoms with E-state index >= 15 is 0 Å². The molecule has 2 aliphatic heterocycles. The molecular formula is C13H17N3O. The predicted octanol–water partition coefficient (Wildman–Crippen LogP) is 0.966. The second kappa shape index (κ2) is 4.11. The van der Waals surface area contributed by atoms with Crippen molar-refractivity contribution in [1.82, 2.24) is 15.2 Å². The van der Waals surface area contributed by atoms with E-state index in [1.165, 1.54) is 0 Å². The van der Waals surface area contributed by atoms with E-state index in [0.29, 0.717) is 12.1 Å². The van der Waals surface area contributed by atoms with Crippen molar-refractivity contribution in [2.75, 3.05) is 13.1 Å². The van der Waals surface area contributed by atoms with Crippen LogP contribution >= 0.6 is 0 Å². The van der Waals surface area contributed by atoms with Crippen LogP contribution in [0.5, 0.6) is 0 Å². The predicted molar refractivity (Wildman–Crippen MR) is 64.8 cm³/mol. The van der Waals surface area contributed by atoms with Crippen molar-refractivity contribution in [2.45, 2.75) is 31.8 Å². The molecule has 4 heteroatoms. The molecular weight excluding hydrogens is 214 g/mol. The number of nitrogens with zero attached hydrogens (tertiary/aromatic N) is 2. The maximum Gasteiger partial charge on any atom is 0.256 e. The summed E-state index contributed by atoms with van der Waals surface area (Å²) in [6.07, 6.45) is 3.99. The standard InChI is InChI=1S/C13H17N3O/c1-9-12(3-2-6-15-9)13(17)16-10-4-5-11(16)8-14-7-10/h2-3,6,10-11,14H,4-5,7-8H2,1H3. The highest BCUT2D eigenvalue weighted by molar-refractivity contribution is 5.95. The summed E-state index contributed by atoms with van der Waals surface area (Å²) in [5, 5.41) is 3.39. The number of fused-ring (bicyclic) bond motifs is 2. The number of nitrogens with one attached hydrogen (secondary N) is 1. The number of carbonyl (C=O) groups excluding carboxylic acids is 1. The fourth-order valence-electron chi connectivity index (χ4n) is 2.96. The van der Waals surface area contributed by atoms with Gasteiger partial charge in [-0.2, -0.15) is 0 Å². The molecule has 0 saturated carbocycles. The summed E-state index contributed by atoms with van der Waals surface area (Å²) in [7, 11) is 0. The number of rotatable bonds is 1. The van der Waals surface area contributed by atoms with Crippen molar-refractivity contribution in [3.8, 4) is 0 Å². The molecule has 1 aromatic rings. The average Bonchev–Trinajstić information content (AvgIpc) is 2.59. The number of pyridine rings is 1. The van der Waals surface area contributed by atoms with Crippen LogP contribution < -0.4 is 5.32 Å². The maximum atomic E-state index is 12.5. The number of hydrogen-bond donors (Lipinski definition) is 1. The first-order valence-electron chi connectivity index (χ1n) is 6.22. The van der Waals surface area contributed by atoms with Gasteiger partial charge in [0.1, 0.15) is 0 Å². The van der Waals surface area contributed by atoms with Gasteiger partial charge in [-0.05, 0) is 31.9 Å². The van der Waals surface area contributed by atoms with E-state index in [1.54, 1.807) is 6.20 Å². The number of aromatic nitrogens is 1. The molecule has 2 saturated heterocycles. The van der Waals surface area contributed by atoms with Crippen LogP contribution in [0.1, 0.15) is 28.9 Å². The zero-order valence-corrected chi connectivity index (χ0v) is 10.0. The highest BCUT2D eigenvalue weighted by atomic mass is 16.2. The molecule has 17 heavy (non-hydrogen) atoms. The molecule has 0 spiro atoms. The highest BCUT2D eigenvalue weighted by Gasteiger charge is 2.40. The molecule has 1 N–H and O–H groups in total. The van der Waals surface area contributed by atoms with E-state index in [0.717, 1.165) is 37.2 Å². The van der Waals surface area contributed by atoms with Crippen molar-refractivity contribution in [2.24, 2.45) is 0 Å². The quantitative estimate of drug-likeness (QED) is 0.783. The normalized spacial score (nSPS) is 27.2. The second-order valence-electron chi connectivity index (χ2n) is 4.89. The first kappa shape index (κ1) is 10.7. The summed E-state index contributed by atoms with van der Waals surface area (Å²) in [5.41, 5.74) is 1.58. The lowest BCUT2D eigenvalue weighted by atomic mass is 10.1. The number of piperazine rings is 1. The Kier molecular flexibility index (Phi) is 2.59. The smallest absolute Gasteiger partial charge is 0.256 e. The van der Waals surface area contributed by atoms with Gasteiger partial charge in [0.25, 0.3) is 5.91 Å². The molecule has 0 radical (unpaired) electrons. The van der Waals surface area contributed by atoms with Crippen molar-refractivity contribution < 1.29 is 4.79 Å². The van der Waals surface area contributed by atoms with E-state index < -0.39 is 0 Å². The molecule has 1 amide bonds. The average molecular weight is 231 g/mol. The van der Waals surface area contributed by atoms with Gasteiger partial charge in [0, 0.05) is 37.1 Å². The molecule has 1 aromatic heterocycles. The Morgan fingerprint density at radius 3 is 2.76 bits per heavy atom. The lowest BCUT2D eigenvalue weighted by Crippen LogP contribution is -2.54. The third kappa shape index (κ3) is 1.72. The van der Waals surface area contributed by atoms with Gasteiger partial charge < -0.3 is 10.2 Å². The molecule has 3 rings (SSSR count). The Labute approximate surface area is 101 Å². The maximum absolute atomic E-state index is 12.5. The summed E-state index contributed by atoms with van der Waals surface area (Å²) >= 11 is 0. The summed E-state index contributed by atoms with van der Waals surface area (Å²) < 4.78 is 0. The SMILES string of the molecule is Cc1ncccc1C(=O)N1C2CCC1CNC2. The fourth-order valence-corrected chi connectivity index (χ4v) is 2.96. The monoisotopic (exact) mass is 231 g/mol. The van der Waals surface area contributed by atoms with Crippen LogP contribution in [-0.4, -0.2) is 41.0 Å². The van der Waals surface area contributed by atoms with Crippen LogP contribution in [-0.2, 0) is 0 Å². The van der Waals surface area contributed by atoms with Crippen LogP contribution in [0.15, 0.2) is 18.3 Å². The fraction of sp³-hybridized carbons (Fsp3) is 0.538. The van der Waals surface area contributed by atoms with Crippen LogP contribution in [0.3, 0.4) is 0 Å². The molecule has 2 fully saturated rings. The van der Waals surface area contributed by atoms with Gasteiger partial charge in [0.05, 0.1) is 5.56 Å². The van der Waals surface area contributed by atoms with Gasteiger partial charge in [-0.1, -0.05) is 0 Å². The third-order valence-electron chi connectivity index (χ3n) is 3.85. The highest BCUT2D eigenvalue weighted by Crippen LogP contribution is 2.28. The van der Waals surface area contributed by atoms with E-state index in [-0.39, 0.29) is 5.91 Å². The molecule has 2 aliphatic rings. The topological polar surface area (TPSA) is 45.2 Å². The van der Waals surface area contributed by atoms with Gasteiger partial charge in [-0.3, -0.25) is 9.78 Å². The van der Waals surface area contributed by atoms with E-state index in [2.05, 4.69) is 15.2 Å². The number of carbonyl (C=O) groups is 1. The minimum atomic E-state index is 0.157. The minimum Gasteiger partial charge on any atom is -0.330 e. The van der Waals surface area contributed by atoms with Crippen LogP contribution in [0.2, 0.25) is 0 Å². The van der Waals surface area contributed by atoms with E-state index in [4.69, 9.17) is 0 Å². The van der Waals surface area contributed by atoms with Crippen molar-refractivity contribution in [3.63, 3.8) is 0 Å². The number of amides is 1. The summed E-state index contributed by atoms with van der Waals surface area (Å²) in [6.45, 7) is 3.76. The van der Waals surface area contributed by atoms with Gasteiger partial charge in [0.15, 0.2) is 0 Å². The largest absolute Gasteiger partial charge is 0.330 e. The summed E-state index contributed by atoms with van der Waals surface area (Å²) in [6, 6.07) is 4.47. The first-order valence-corrected chi connectivity index (χ1v) is 6.22. The van der Waals surface area contributed by atoms with Gasteiger partial charge >= 0.3 is 0 Å². The van der Waals surface area contributed by atoms with Crippen molar-refractivity contribution in [3.05, 3.63) is 29.6 Å².